The van der Waals surface area contributed by atoms with E-state index >= 15 is 0 Å². The lowest BCUT2D eigenvalue weighted by atomic mass is 9.84. The standard InChI is InChI=1S/C50H70N10O12S2/c1-27(2)42(50(71)72)60-49(70)40-26-74-73-25-39(58-43(64)33(52)23-41(62)63)48(69)56-36(20-28-10-4-3-5-11-28)45(66)57-38(22-30-24-53-34-13-7-6-12-32(30)34)47(68)54-35(14-8-9-19-51)44(65)55-37(46(67)59-40)21-29-15-17-31(61)18-16-29/h6-7,12-13,15-18,24,27-28,33,35-40,42,53,61H,3-5,8-11,14,19-23,25-26,51-52H2,1-2H3,(H,54,68)(H,55,65)(H,56,69)(H,57,66)(H,58,64)(H,59,67)(H,60,70)(H,62,63)(H,71,72)/t33-,35-,36+,37-,38-,39-,40-,42-/m0/s1. The molecule has 1 aliphatic carbocycles. The van der Waals surface area contributed by atoms with Crippen LogP contribution in [0.3, 0.4) is 0 Å². The fourth-order valence-corrected chi connectivity index (χ4v) is 11.2. The third-order valence-corrected chi connectivity index (χ3v) is 15.5. The molecule has 2 aromatic carbocycles. The molecule has 1 aliphatic heterocycles. The van der Waals surface area contributed by atoms with Crippen molar-refractivity contribution in [2.24, 2.45) is 23.3 Å². The summed E-state index contributed by atoms with van der Waals surface area (Å²) < 4.78 is 0. The molecule has 1 saturated heterocycles. The number of carboxylic acid groups (broad SMARTS) is 2. The summed E-state index contributed by atoms with van der Waals surface area (Å²) in [5, 5.41) is 49.1. The summed E-state index contributed by atoms with van der Waals surface area (Å²) in [6.45, 7) is 3.43. The van der Waals surface area contributed by atoms with Gasteiger partial charge in [0, 0.05) is 41.4 Å². The Bertz CT molecular complexity index is 2440. The number of H-pyrrole nitrogens is 1. The van der Waals surface area contributed by atoms with E-state index in [1.807, 2.05) is 24.3 Å². The highest BCUT2D eigenvalue weighted by Crippen LogP contribution is 2.29. The molecular weight excluding hydrogens is 997 g/mol. The van der Waals surface area contributed by atoms with Gasteiger partial charge in [0.2, 0.25) is 41.4 Å². The van der Waals surface area contributed by atoms with Gasteiger partial charge in [-0.2, -0.15) is 0 Å². The first kappa shape index (κ1) is 58.5. The molecule has 2 aliphatic rings. The number of phenols is 1. The maximum atomic E-state index is 14.8. The highest BCUT2D eigenvalue weighted by atomic mass is 33.1. The average Bonchev–Trinajstić information content (AvgIpc) is 3.77. The van der Waals surface area contributed by atoms with E-state index in [9.17, 15) is 58.5 Å². The van der Waals surface area contributed by atoms with E-state index in [1.54, 1.807) is 20.0 Å². The molecule has 1 aromatic heterocycles. The lowest BCUT2D eigenvalue weighted by Gasteiger charge is -2.30. The van der Waals surface area contributed by atoms with Gasteiger partial charge in [0.25, 0.3) is 0 Å². The molecule has 404 valence electrons. The van der Waals surface area contributed by atoms with Crippen LogP contribution in [0.5, 0.6) is 5.75 Å². The third kappa shape index (κ3) is 17.9. The van der Waals surface area contributed by atoms with Crippen molar-refractivity contribution in [3.8, 4) is 5.75 Å². The number of hydrogen-bond donors (Lipinski definition) is 13. The lowest BCUT2D eigenvalue weighted by Crippen LogP contribution is -2.61. The molecule has 0 bridgehead atoms. The molecule has 1 saturated carbocycles. The van der Waals surface area contributed by atoms with E-state index in [0.29, 0.717) is 24.0 Å². The van der Waals surface area contributed by atoms with Crippen molar-refractivity contribution < 1.29 is 58.5 Å². The molecule has 2 fully saturated rings. The molecule has 7 amide bonds. The molecule has 0 radical (unpaired) electrons. The van der Waals surface area contributed by atoms with Crippen molar-refractivity contribution >= 4 is 85.8 Å². The zero-order valence-electron chi connectivity index (χ0n) is 41.6. The number of carbonyl (C=O) groups is 9. The quantitative estimate of drug-likeness (QED) is 0.0626. The predicted molar refractivity (Wildman–Crippen MR) is 279 cm³/mol. The second-order valence-corrected chi connectivity index (χ2v) is 21.7. The second-order valence-electron chi connectivity index (χ2n) is 19.2. The minimum atomic E-state index is -1.57. The van der Waals surface area contributed by atoms with Gasteiger partial charge in [0.15, 0.2) is 0 Å². The van der Waals surface area contributed by atoms with Crippen LogP contribution >= 0.6 is 21.6 Å². The van der Waals surface area contributed by atoms with Gasteiger partial charge in [0.1, 0.15) is 48.0 Å². The molecule has 15 N–H and O–H groups in total. The van der Waals surface area contributed by atoms with Crippen LogP contribution in [0.25, 0.3) is 10.9 Å². The number of aromatic nitrogens is 1. The number of benzene rings is 2. The number of aromatic amines is 1. The van der Waals surface area contributed by atoms with Crippen LogP contribution in [0, 0.1) is 11.8 Å². The lowest BCUT2D eigenvalue weighted by molar-refractivity contribution is -0.143. The number of nitrogens with two attached hydrogens (primary N) is 2. The van der Waals surface area contributed by atoms with Crippen LogP contribution in [0.1, 0.15) is 89.2 Å². The van der Waals surface area contributed by atoms with Crippen molar-refractivity contribution in [2.75, 3.05) is 18.1 Å². The molecule has 8 atom stereocenters. The van der Waals surface area contributed by atoms with Crippen LogP contribution in [0.4, 0.5) is 0 Å². The number of rotatable bonds is 18. The van der Waals surface area contributed by atoms with Gasteiger partial charge in [-0.3, -0.25) is 38.4 Å². The largest absolute Gasteiger partial charge is 0.508 e. The summed E-state index contributed by atoms with van der Waals surface area (Å²) in [4.78, 5) is 127. The van der Waals surface area contributed by atoms with Crippen molar-refractivity contribution in [1.29, 1.82) is 0 Å². The Balaban J connectivity index is 1.60. The fraction of sp³-hybridized carbons (Fsp3) is 0.540. The fourth-order valence-electron chi connectivity index (χ4n) is 8.84. The van der Waals surface area contributed by atoms with E-state index in [4.69, 9.17) is 11.5 Å². The Morgan fingerprint density at radius 2 is 1.35 bits per heavy atom. The van der Waals surface area contributed by atoms with Crippen molar-refractivity contribution in [1.82, 2.24) is 42.2 Å². The zero-order valence-corrected chi connectivity index (χ0v) is 43.2. The summed E-state index contributed by atoms with van der Waals surface area (Å²) in [7, 11) is 1.94. The summed E-state index contributed by atoms with van der Waals surface area (Å²) in [5.41, 5.74) is 13.7. The first-order valence-electron chi connectivity index (χ1n) is 24.9. The Morgan fingerprint density at radius 3 is 2.01 bits per heavy atom. The first-order chi connectivity index (χ1) is 35.3. The van der Waals surface area contributed by atoms with Crippen LogP contribution in [-0.2, 0) is 56.0 Å². The van der Waals surface area contributed by atoms with E-state index in [-0.39, 0.29) is 55.4 Å². The number of fused-ring (bicyclic) bond motifs is 1. The molecule has 0 spiro atoms. The normalized spacial score (nSPS) is 23.0. The van der Waals surface area contributed by atoms with Gasteiger partial charge < -0.3 is 69.0 Å². The number of hydrogen-bond acceptors (Lipinski definition) is 14. The Morgan fingerprint density at radius 1 is 0.743 bits per heavy atom. The average molecular weight is 1070 g/mol. The number of aliphatic carboxylic acids is 2. The maximum absolute atomic E-state index is 14.8. The van der Waals surface area contributed by atoms with E-state index in [1.165, 1.54) is 24.3 Å². The predicted octanol–water partition coefficient (Wildman–Crippen LogP) is 1.09. The Kier molecular flexibility index (Phi) is 22.9. The molecule has 0 unspecified atom stereocenters. The van der Waals surface area contributed by atoms with Crippen LogP contribution in [0.2, 0.25) is 0 Å². The Hall–Kier alpha value is -6.37. The first-order valence-corrected chi connectivity index (χ1v) is 27.4. The topological polar surface area (TPSA) is 366 Å². The number of carbonyl (C=O) groups excluding carboxylic acids is 7. The van der Waals surface area contributed by atoms with Crippen LogP contribution < -0.4 is 48.7 Å². The minimum Gasteiger partial charge on any atom is -0.508 e. The van der Waals surface area contributed by atoms with Gasteiger partial charge >= 0.3 is 11.9 Å². The van der Waals surface area contributed by atoms with E-state index in [2.05, 4.69) is 42.2 Å². The van der Waals surface area contributed by atoms with Crippen molar-refractivity contribution in [3.05, 3.63) is 65.9 Å². The van der Waals surface area contributed by atoms with E-state index in [0.717, 1.165) is 64.6 Å². The molecule has 22 nitrogen and oxygen atoms in total. The van der Waals surface area contributed by atoms with Crippen molar-refractivity contribution in [2.45, 2.75) is 139 Å². The molecule has 74 heavy (non-hydrogen) atoms. The summed E-state index contributed by atoms with van der Waals surface area (Å²) in [5.74, 6) is -9.72. The Labute approximate surface area is 437 Å². The van der Waals surface area contributed by atoms with Crippen LogP contribution in [-0.4, -0.2) is 140 Å². The number of unbranched alkanes of at least 4 members (excludes halogenated alkanes) is 1. The molecule has 3 aromatic rings. The molecule has 2 heterocycles. The molecule has 5 rings (SSSR count). The number of para-hydroxylation sites is 1. The zero-order chi connectivity index (χ0) is 53.9. The number of aromatic hydroxyl groups is 1. The summed E-state index contributed by atoms with van der Waals surface area (Å²) in [6, 6.07) is 1.97. The van der Waals surface area contributed by atoms with Gasteiger partial charge in [-0.25, -0.2) is 4.79 Å². The smallest absolute Gasteiger partial charge is 0.326 e. The molecular formula is C50H70N10O12S2. The highest BCUT2D eigenvalue weighted by molar-refractivity contribution is 8.76. The number of amides is 7. The van der Waals surface area contributed by atoms with Gasteiger partial charge in [0.05, 0.1) is 12.5 Å². The van der Waals surface area contributed by atoms with Gasteiger partial charge in [-0.05, 0) is 73.4 Å². The van der Waals surface area contributed by atoms with Gasteiger partial charge in [-0.15, -0.1) is 0 Å². The SMILES string of the molecule is CC(C)[C@H](NC(=O)[C@@H]1CSSC[C@H](NC(=O)[C@@H](N)CC(=O)O)C(=O)N[C@H](CC2CCCCC2)C(=O)N[C@@H](Cc2c[nH]c3ccccc23)C(=O)N[C@@H](CCCCN)C(=O)N[C@@H](Cc2ccc(O)cc2)C(=O)N1)C(=O)O. The monoisotopic (exact) mass is 1070 g/mol. The van der Waals surface area contributed by atoms with Gasteiger partial charge in [-0.1, -0.05) is 97.9 Å². The third-order valence-electron chi connectivity index (χ3n) is 13.0. The number of nitrogens with one attached hydrogen (secondary N) is 8. The summed E-state index contributed by atoms with van der Waals surface area (Å²) >= 11 is 0. The van der Waals surface area contributed by atoms with Crippen molar-refractivity contribution in [3.63, 3.8) is 0 Å². The maximum Gasteiger partial charge on any atom is 0.326 e. The number of carboxylic acids is 2. The van der Waals surface area contributed by atoms with E-state index < -0.39 is 114 Å². The number of phenolic OH excluding ortho intramolecular Hbond substituents is 1. The summed E-state index contributed by atoms with van der Waals surface area (Å²) in [6.07, 6.45) is 6.02. The highest BCUT2D eigenvalue weighted by Gasteiger charge is 2.37. The second kappa shape index (κ2) is 28.9. The minimum absolute atomic E-state index is 0.00643. The van der Waals surface area contributed by atoms with Crippen LogP contribution in [0.15, 0.2) is 54.7 Å². The molecule has 24 heteroatoms.